The minimum atomic E-state index is -1.01. The van der Waals surface area contributed by atoms with E-state index in [-0.39, 0.29) is 17.2 Å². The molecular weight excluding hydrogens is 290 g/mol. The van der Waals surface area contributed by atoms with Gasteiger partial charge >= 0.3 is 5.97 Å². The second kappa shape index (κ2) is 5.80. The van der Waals surface area contributed by atoms with Crippen LogP contribution >= 0.6 is 0 Å². The summed E-state index contributed by atoms with van der Waals surface area (Å²) in [5, 5.41) is 20.3. The average Bonchev–Trinajstić information content (AvgIpc) is 2.85. The Morgan fingerprint density at radius 3 is 2.39 bits per heavy atom. The lowest BCUT2D eigenvalue weighted by atomic mass is 10.0. The minimum Gasteiger partial charge on any atom is -0.507 e. The Morgan fingerprint density at radius 1 is 1.09 bits per heavy atom. The number of carbonyl (C=O) groups is 1. The third kappa shape index (κ3) is 2.57. The van der Waals surface area contributed by atoms with Gasteiger partial charge in [-0.3, -0.25) is 0 Å². The van der Waals surface area contributed by atoms with E-state index < -0.39 is 5.97 Å². The largest absolute Gasteiger partial charge is 0.507 e. The van der Waals surface area contributed by atoms with E-state index in [0.717, 1.165) is 16.8 Å². The standard InChI is InChI=1S/C19H19NO3/c1-12(2)18-17(19(22)23)16-14(9-6-10-15(16)21)20(18)11-13-7-4-3-5-8-13/h3-10,12,21H,11H2,1-2H3,(H,22,23). The van der Waals surface area contributed by atoms with Crippen molar-refractivity contribution in [3.05, 3.63) is 65.4 Å². The second-order valence-electron chi connectivity index (χ2n) is 5.96. The highest BCUT2D eigenvalue weighted by Crippen LogP contribution is 2.36. The van der Waals surface area contributed by atoms with Crippen molar-refractivity contribution >= 4 is 16.9 Å². The van der Waals surface area contributed by atoms with Crippen molar-refractivity contribution in [1.82, 2.24) is 4.57 Å². The van der Waals surface area contributed by atoms with Gasteiger partial charge in [0, 0.05) is 12.2 Å². The maximum absolute atomic E-state index is 11.8. The normalized spacial score (nSPS) is 11.3. The van der Waals surface area contributed by atoms with Crippen LogP contribution < -0.4 is 0 Å². The van der Waals surface area contributed by atoms with Crippen LogP contribution in [0.4, 0.5) is 0 Å². The maximum Gasteiger partial charge on any atom is 0.338 e. The van der Waals surface area contributed by atoms with Gasteiger partial charge in [-0.1, -0.05) is 50.2 Å². The third-order valence-corrected chi connectivity index (χ3v) is 4.05. The van der Waals surface area contributed by atoms with E-state index in [1.165, 1.54) is 6.07 Å². The highest BCUT2D eigenvalue weighted by Gasteiger charge is 2.26. The number of hydrogen-bond donors (Lipinski definition) is 2. The van der Waals surface area contributed by atoms with Crippen molar-refractivity contribution in [2.24, 2.45) is 0 Å². The van der Waals surface area contributed by atoms with Crippen LogP contribution in [0.1, 0.15) is 41.4 Å². The van der Waals surface area contributed by atoms with E-state index in [0.29, 0.717) is 11.9 Å². The molecule has 0 spiro atoms. The molecule has 0 bridgehead atoms. The van der Waals surface area contributed by atoms with Gasteiger partial charge in [-0.05, 0) is 23.6 Å². The summed E-state index contributed by atoms with van der Waals surface area (Å²) >= 11 is 0. The molecule has 1 aromatic heterocycles. The Bertz CT molecular complexity index is 863. The number of fused-ring (bicyclic) bond motifs is 1. The predicted molar refractivity (Wildman–Crippen MR) is 90.2 cm³/mol. The first kappa shape index (κ1) is 15.2. The number of aromatic hydroxyl groups is 1. The molecule has 3 aromatic rings. The van der Waals surface area contributed by atoms with E-state index in [2.05, 4.69) is 0 Å². The molecule has 2 aromatic carbocycles. The van der Waals surface area contributed by atoms with Gasteiger partial charge in [-0.15, -0.1) is 0 Å². The Morgan fingerprint density at radius 2 is 1.78 bits per heavy atom. The van der Waals surface area contributed by atoms with Crippen LogP contribution in [0.2, 0.25) is 0 Å². The van der Waals surface area contributed by atoms with E-state index >= 15 is 0 Å². The van der Waals surface area contributed by atoms with Crippen molar-refractivity contribution < 1.29 is 15.0 Å². The molecule has 0 atom stereocenters. The summed E-state index contributed by atoms with van der Waals surface area (Å²) in [6.07, 6.45) is 0. The zero-order valence-electron chi connectivity index (χ0n) is 13.2. The molecule has 0 fully saturated rings. The maximum atomic E-state index is 11.8. The molecule has 0 aliphatic heterocycles. The zero-order chi connectivity index (χ0) is 16.6. The number of carboxylic acid groups (broad SMARTS) is 1. The molecule has 0 saturated carbocycles. The summed E-state index contributed by atoms with van der Waals surface area (Å²) in [4.78, 5) is 11.8. The molecule has 4 heteroatoms. The molecule has 0 aliphatic carbocycles. The molecular formula is C19H19NO3. The molecule has 0 radical (unpaired) electrons. The van der Waals surface area contributed by atoms with Gasteiger partial charge in [0.1, 0.15) is 5.75 Å². The Balaban J connectivity index is 2.33. The summed E-state index contributed by atoms with van der Waals surface area (Å²) in [6, 6.07) is 15.0. The van der Waals surface area contributed by atoms with Crippen LogP contribution in [0.25, 0.3) is 10.9 Å². The van der Waals surface area contributed by atoms with Gasteiger partial charge in [0.15, 0.2) is 0 Å². The van der Waals surface area contributed by atoms with Gasteiger partial charge in [-0.25, -0.2) is 4.79 Å². The summed E-state index contributed by atoms with van der Waals surface area (Å²) in [7, 11) is 0. The third-order valence-electron chi connectivity index (χ3n) is 4.05. The second-order valence-corrected chi connectivity index (χ2v) is 5.96. The van der Waals surface area contributed by atoms with Crippen LogP contribution in [0.3, 0.4) is 0 Å². The molecule has 23 heavy (non-hydrogen) atoms. The number of aromatic nitrogens is 1. The number of phenols is 1. The summed E-state index contributed by atoms with van der Waals surface area (Å²) in [6.45, 7) is 4.51. The molecule has 118 valence electrons. The van der Waals surface area contributed by atoms with Crippen molar-refractivity contribution in [1.29, 1.82) is 0 Å². The molecule has 0 amide bonds. The number of carboxylic acids is 1. The van der Waals surface area contributed by atoms with Crippen molar-refractivity contribution in [3.8, 4) is 5.75 Å². The number of benzene rings is 2. The lowest BCUT2D eigenvalue weighted by Crippen LogP contribution is -2.09. The van der Waals surface area contributed by atoms with Gasteiger partial charge in [0.2, 0.25) is 0 Å². The average molecular weight is 309 g/mol. The van der Waals surface area contributed by atoms with Crippen molar-refractivity contribution in [2.75, 3.05) is 0 Å². The van der Waals surface area contributed by atoms with Gasteiger partial charge < -0.3 is 14.8 Å². The SMILES string of the molecule is CC(C)c1c(C(=O)O)c2c(O)cccc2n1Cc1ccccc1. The number of rotatable bonds is 4. The zero-order valence-corrected chi connectivity index (χ0v) is 13.2. The Kier molecular flexibility index (Phi) is 3.82. The first-order valence-electron chi connectivity index (χ1n) is 7.62. The first-order chi connectivity index (χ1) is 11.0. The number of nitrogens with zero attached hydrogens (tertiary/aromatic N) is 1. The van der Waals surface area contributed by atoms with Crippen LogP contribution in [0, 0.1) is 0 Å². The fourth-order valence-corrected chi connectivity index (χ4v) is 3.16. The van der Waals surface area contributed by atoms with Gasteiger partial charge in [0.25, 0.3) is 0 Å². The molecule has 2 N–H and O–H groups in total. The van der Waals surface area contributed by atoms with Crippen LogP contribution in [-0.2, 0) is 6.54 Å². The summed E-state index contributed by atoms with van der Waals surface area (Å²) in [5.41, 5.74) is 2.77. The molecule has 1 heterocycles. The number of aromatic carboxylic acids is 1. The van der Waals surface area contributed by atoms with Crippen LogP contribution in [-0.4, -0.2) is 20.7 Å². The van der Waals surface area contributed by atoms with Gasteiger partial charge in [-0.2, -0.15) is 0 Å². The fourth-order valence-electron chi connectivity index (χ4n) is 3.16. The molecule has 0 aliphatic rings. The highest BCUT2D eigenvalue weighted by atomic mass is 16.4. The Labute approximate surface area is 134 Å². The summed E-state index contributed by atoms with van der Waals surface area (Å²) in [5.74, 6) is -0.975. The van der Waals surface area contributed by atoms with Crippen molar-refractivity contribution in [3.63, 3.8) is 0 Å². The Hall–Kier alpha value is -2.75. The van der Waals surface area contributed by atoms with E-state index in [1.54, 1.807) is 6.07 Å². The lowest BCUT2D eigenvalue weighted by molar-refractivity contribution is 0.0696. The van der Waals surface area contributed by atoms with Crippen LogP contribution in [0.15, 0.2) is 48.5 Å². The molecule has 0 saturated heterocycles. The van der Waals surface area contributed by atoms with Crippen molar-refractivity contribution in [2.45, 2.75) is 26.3 Å². The van der Waals surface area contributed by atoms with E-state index in [9.17, 15) is 15.0 Å². The van der Waals surface area contributed by atoms with Gasteiger partial charge in [0.05, 0.1) is 16.5 Å². The molecule has 4 nitrogen and oxygen atoms in total. The minimum absolute atomic E-state index is 0.00797. The lowest BCUT2D eigenvalue weighted by Gasteiger charge is -2.14. The van der Waals surface area contributed by atoms with Crippen LogP contribution in [0.5, 0.6) is 5.75 Å². The fraction of sp³-hybridized carbons (Fsp3) is 0.211. The smallest absolute Gasteiger partial charge is 0.338 e. The number of hydrogen-bond acceptors (Lipinski definition) is 2. The molecule has 0 unspecified atom stereocenters. The van der Waals surface area contributed by atoms with E-state index in [1.807, 2.05) is 54.8 Å². The quantitative estimate of drug-likeness (QED) is 0.758. The summed E-state index contributed by atoms with van der Waals surface area (Å²) < 4.78 is 2.00. The highest BCUT2D eigenvalue weighted by molar-refractivity contribution is 6.07. The van der Waals surface area contributed by atoms with E-state index in [4.69, 9.17) is 0 Å². The molecule has 3 rings (SSSR count). The topological polar surface area (TPSA) is 62.5 Å². The monoisotopic (exact) mass is 309 g/mol. The first-order valence-corrected chi connectivity index (χ1v) is 7.62. The predicted octanol–water partition coefficient (Wildman–Crippen LogP) is 4.22. The number of phenolic OH excluding ortho intramolecular Hbond substituents is 1.